The summed E-state index contributed by atoms with van der Waals surface area (Å²) in [4.78, 5) is 6.79. The fraction of sp³-hybridized carbons (Fsp3) is 0.615. The van der Waals surface area contributed by atoms with Gasteiger partial charge in [0.2, 0.25) is 0 Å². The number of hydrogen-bond acceptors (Lipinski definition) is 4. The van der Waals surface area contributed by atoms with Crippen LogP contribution >= 0.6 is 0 Å². The highest BCUT2D eigenvalue weighted by Gasteiger charge is 2.28. The Labute approximate surface area is 103 Å². The van der Waals surface area contributed by atoms with Gasteiger partial charge in [0.05, 0.1) is 23.9 Å². The molecule has 0 saturated carbocycles. The van der Waals surface area contributed by atoms with Crippen LogP contribution in [0.1, 0.15) is 25.6 Å². The molecule has 1 aliphatic rings. The highest BCUT2D eigenvalue weighted by Crippen LogP contribution is 2.22. The molecule has 1 saturated heterocycles. The molecule has 0 aromatic carbocycles. The average Bonchev–Trinajstić information content (AvgIpc) is 2.30. The molecule has 2 N–H and O–H groups in total. The predicted octanol–water partition coefficient (Wildman–Crippen LogP) is 1.19. The van der Waals surface area contributed by atoms with E-state index in [0.717, 1.165) is 18.8 Å². The van der Waals surface area contributed by atoms with Crippen LogP contribution in [0.5, 0.6) is 0 Å². The number of morpholine rings is 1. The first-order valence-corrected chi connectivity index (χ1v) is 6.21. The van der Waals surface area contributed by atoms with Crippen molar-refractivity contribution in [3.63, 3.8) is 0 Å². The van der Waals surface area contributed by atoms with E-state index in [0.29, 0.717) is 6.54 Å². The zero-order valence-corrected chi connectivity index (χ0v) is 10.5. The number of pyridine rings is 1. The van der Waals surface area contributed by atoms with E-state index >= 15 is 0 Å². The molecule has 1 aromatic heterocycles. The molecule has 0 bridgehead atoms. The molecule has 2 rings (SSSR count). The molecule has 2 heterocycles. The van der Waals surface area contributed by atoms with Crippen molar-refractivity contribution in [3.05, 3.63) is 30.1 Å². The zero-order chi connectivity index (χ0) is 12.3. The molecule has 4 nitrogen and oxygen atoms in total. The number of nitrogens with two attached hydrogens (primary N) is 1. The molecule has 94 valence electrons. The SMILES string of the molecule is C[C@@H]1CN(C(CN)c2ccccn2)C[C@H](C)O1. The Hall–Kier alpha value is -0.970. The van der Waals surface area contributed by atoms with Crippen LogP contribution < -0.4 is 5.73 Å². The van der Waals surface area contributed by atoms with E-state index in [1.165, 1.54) is 0 Å². The van der Waals surface area contributed by atoms with Crippen LogP contribution in [0.3, 0.4) is 0 Å². The molecule has 1 fully saturated rings. The predicted molar refractivity (Wildman–Crippen MR) is 67.6 cm³/mol. The average molecular weight is 235 g/mol. The lowest BCUT2D eigenvalue weighted by atomic mass is 10.1. The summed E-state index contributed by atoms with van der Waals surface area (Å²) in [5.41, 5.74) is 6.96. The van der Waals surface area contributed by atoms with Gasteiger partial charge < -0.3 is 10.5 Å². The molecule has 1 aliphatic heterocycles. The summed E-state index contributed by atoms with van der Waals surface area (Å²) < 4.78 is 5.74. The van der Waals surface area contributed by atoms with Crippen LogP contribution in [0, 0.1) is 0 Å². The van der Waals surface area contributed by atoms with Crippen LogP contribution in [0.2, 0.25) is 0 Å². The summed E-state index contributed by atoms with van der Waals surface area (Å²) in [6, 6.07) is 6.19. The summed E-state index contributed by atoms with van der Waals surface area (Å²) in [5, 5.41) is 0. The van der Waals surface area contributed by atoms with Gasteiger partial charge in [-0.1, -0.05) is 6.07 Å². The van der Waals surface area contributed by atoms with E-state index in [1.54, 1.807) is 0 Å². The van der Waals surface area contributed by atoms with E-state index in [9.17, 15) is 0 Å². The third kappa shape index (κ3) is 3.03. The second-order valence-corrected chi connectivity index (χ2v) is 4.72. The molecule has 4 heteroatoms. The van der Waals surface area contributed by atoms with E-state index in [4.69, 9.17) is 10.5 Å². The van der Waals surface area contributed by atoms with Gasteiger partial charge in [0.15, 0.2) is 0 Å². The van der Waals surface area contributed by atoms with Crippen molar-refractivity contribution in [3.8, 4) is 0 Å². The normalized spacial score (nSPS) is 27.9. The third-order valence-corrected chi connectivity index (χ3v) is 3.14. The zero-order valence-electron chi connectivity index (χ0n) is 10.5. The summed E-state index contributed by atoms with van der Waals surface area (Å²) in [6.07, 6.45) is 2.35. The van der Waals surface area contributed by atoms with Crippen molar-refractivity contribution in [1.29, 1.82) is 0 Å². The first-order valence-electron chi connectivity index (χ1n) is 6.21. The highest BCUT2D eigenvalue weighted by atomic mass is 16.5. The minimum Gasteiger partial charge on any atom is -0.373 e. The standard InChI is InChI=1S/C13H21N3O/c1-10-8-16(9-11(2)17-10)13(7-14)12-5-3-4-6-15-12/h3-6,10-11,13H,7-9,14H2,1-2H3/t10-,11+,13?. The molecule has 0 radical (unpaired) electrons. The van der Waals surface area contributed by atoms with Crippen molar-refractivity contribution < 1.29 is 4.74 Å². The molecule has 1 unspecified atom stereocenters. The molecule has 0 spiro atoms. The maximum atomic E-state index is 5.90. The van der Waals surface area contributed by atoms with Gasteiger partial charge in [-0.3, -0.25) is 9.88 Å². The molecule has 17 heavy (non-hydrogen) atoms. The van der Waals surface area contributed by atoms with Crippen molar-refractivity contribution in [1.82, 2.24) is 9.88 Å². The fourth-order valence-corrected chi connectivity index (χ4v) is 2.50. The van der Waals surface area contributed by atoms with Gasteiger partial charge in [-0.25, -0.2) is 0 Å². The van der Waals surface area contributed by atoms with Gasteiger partial charge >= 0.3 is 0 Å². The van der Waals surface area contributed by atoms with Crippen LogP contribution in [-0.2, 0) is 4.74 Å². The number of rotatable bonds is 3. The Morgan fingerprint density at radius 1 is 1.41 bits per heavy atom. The van der Waals surface area contributed by atoms with Crippen molar-refractivity contribution >= 4 is 0 Å². The lowest BCUT2D eigenvalue weighted by Gasteiger charge is -2.39. The summed E-state index contributed by atoms with van der Waals surface area (Å²) in [7, 11) is 0. The largest absolute Gasteiger partial charge is 0.373 e. The molecular weight excluding hydrogens is 214 g/mol. The van der Waals surface area contributed by atoms with Crippen LogP contribution in [0.25, 0.3) is 0 Å². The fourth-order valence-electron chi connectivity index (χ4n) is 2.50. The van der Waals surface area contributed by atoms with Crippen LogP contribution in [0.15, 0.2) is 24.4 Å². The van der Waals surface area contributed by atoms with Crippen molar-refractivity contribution in [2.24, 2.45) is 5.73 Å². The first kappa shape index (κ1) is 12.5. The van der Waals surface area contributed by atoms with E-state index in [1.807, 2.05) is 24.4 Å². The van der Waals surface area contributed by atoms with Gasteiger partial charge in [0.1, 0.15) is 0 Å². The maximum absolute atomic E-state index is 5.90. The number of nitrogens with zero attached hydrogens (tertiary/aromatic N) is 2. The van der Waals surface area contributed by atoms with Crippen molar-refractivity contribution in [2.45, 2.75) is 32.1 Å². The monoisotopic (exact) mass is 235 g/mol. The second-order valence-electron chi connectivity index (χ2n) is 4.72. The Balaban J connectivity index is 2.13. The Bertz CT molecular complexity index is 334. The molecule has 1 aromatic rings. The molecular formula is C13H21N3O. The van der Waals surface area contributed by atoms with Gasteiger partial charge in [-0.2, -0.15) is 0 Å². The molecule has 0 amide bonds. The number of aromatic nitrogens is 1. The van der Waals surface area contributed by atoms with Gasteiger partial charge in [-0.05, 0) is 26.0 Å². The number of ether oxygens (including phenoxy) is 1. The van der Waals surface area contributed by atoms with E-state index in [-0.39, 0.29) is 18.2 Å². The maximum Gasteiger partial charge on any atom is 0.0678 e. The Morgan fingerprint density at radius 2 is 2.12 bits per heavy atom. The van der Waals surface area contributed by atoms with Gasteiger partial charge in [0.25, 0.3) is 0 Å². The minimum absolute atomic E-state index is 0.199. The quantitative estimate of drug-likeness (QED) is 0.855. The van der Waals surface area contributed by atoms with Gasteiger partial charge in [0, 0.05) is 25.8 Å². The minimum atomic E-state index is 0.199. The smallest absolute Gasteiger partial charge is 0.0678 e. The number of hydrogen-bond donors (Lipinski definition) is 1. The van der Waals surface area contributed by atoms with Crippen molar-refractivity contribution in [2.75, 3.05) is 19.6 Å². The first-order chi connectivity index (χ1) is 8.20. The summed E-state index contributed by atoms with van der Waals surface area (Å²) >= 11 is 0. The molecule has 3 atom stereocenters. The highest BCUT2D eigenvalue weighted by molar-refractivity contribution is 5.10. The molecule has 0 aliphatic carbocycles. The second kappa shape index (κ2) is 5.58. The van der Waals surface area contributed by atoms with E-state index in [2.05, 4.69) is 23.7 Å². The topological polar surface area (TPSA) is 51.4 Å². The van der Waals surface area contributed by atoms with Crippen LogP contribution in [-0.4, -0.2) is 41.7 Å². The summed E-state index contributed by atoms with van der Waals surface area (Å²) in [6.45, 7) is 6.64. The lowest BCUT2D eigenvalue weighted by molar-refractivity contribution is -0.0803. The third-order valence-electron chi connectivity index (χ3n) is 3.14. The summed E-state index contributed by atoms with van der Waals surface area (Å²) in [5.74, 6) is 0. The Kier molecular flexibility index (Phi) is 4.10. The van der Waals surface area contributed by atoms with E-state index < -0.39 is 0 Å². The van der Waals surface area contributed by atoms with Crippen LogP contribution in [0.4, 0.5) is 0 Å². The van der Waals surface area contributed by atoms with Gasteiger partial charge in [-0.15, -0.1) is 0 Å². The lowest BCUT2D eigenvalue weighted by Crippen LogP contribution is -2.48. The Morgan fingerprint density at radius 3 is 2.65 bits per heavy atom.